The summed E-state index contributed by atoms with van der Waals surface area (Å²) in [5.41, 5.74) is 2.01. The Kier molecular flexibility index (Phi) is 4.95. The van der Waals surface area contributed by atoms with E-state index in [2.05, 4.69) is 21.4 Å². The van der Waals surface area contributed by atoms with Crippen LogP contribution in [0, 0.1) is 0 Å². The molecule has 0 aliphatic carbocycles. The van der Waals surface area contributed by atoms with Gasteiger partial charge in [-0.05, 0) is 38.0 Å². The molecule has 0 radical (unpaired) electrons. The highest BCUT2D eigenvalue weighted by Crippen LogP contribution is 2.28. The van der Waals surface area contributed by atoms with E-state index in [0.717, 1.165) is 24.5 Å². The first kappa shape index (κ1) is 15.6. The summed E-state index contributed by atoms with van der Waals surface area (Å²) in [6.07, 6.45) is 8.51. The van der Waals surface area contributed by atoms with E-state index in [1.807, 2.05) is 37.4 Å². The molecule has 23 heavy (non-hydrogen) atoms. The number of anilines is 2. The molecule has 3 rings (SSSR count). The molecule has 1 atom stereocenters. The van der Waals surface area contributed by atoms with E-state index in [1.165, 1.54) is 25.7 Å². The number of nitrogens with zero attached hydrogens (tertiary/aromatic N) is 3. The van der Waals surface area contributed by atoms with E-state index in [-0.39, 0.29) is 11.9 Å². The van der Waals surface area contributed by atoms with Crippen LogP contribution in [0.3, 0.4) is 0 Å². The molecule has 5 nitrogen and oxygen atoms in total. The maximum absolute atomic E-state index is 12.5. The third-order valence-electron chi connectivity index (χ3n) is 4.41. The molecule has 1 fully saturated rings. The molecular weight excluding hydrogens is 288 g/mol. The van der Waals surface area contributed by atoms with Crippen LogP contribution in [-0.2, 0) is 4.79 Å². The highest BCUT2D eigenvalue weighted by molar-refractivity contribution is 5.96. The summed E-state index contributed by atoms with van der Waals surface area (Å²) in [6, 6.07) is 9.58. The van der Waals surface area contributed by atoms with Crippen LogP contribution in [0.4, 0.5) is 11.4 Å². The van der Waals surface area contributed by atoms with Crippen LogP contribution in [0.5, 0.6) is 0 Å². The SMILES string of the molecule is CC(C(=O)Nc1ccccc1N1CCCCCC1)n1cccn1. The number of carbonyl (C=O) groups is 1. The highest BCUT2D eigenvalue weighted by atomic mass is 16.2. The lowest BCUT2D eigenvalue weighted by Crippen LogP contribution is -2.28. The molecule has 1 aliphatic rings. The average Bonchev–Trinajstić information content (AvgIpc) is 2.97. The van der Waals surface area contributed by atoms with Crippen molar-refractivity contribution in [2.45, 2.75) is 38.6 Å². The summed E-state index contributed by atoms with van der Waals surface area (Å²) in [7, 11) is 0. The van der Waals surface area contributed by atoms with E-state index < -0.39 is 0 Å². The van der Waals surface area contributed by atoms with Crippen molar-refractivity contribution in [3.8, 4) is 0 Å². The Bertz CT molecular complexity index is 630. The van der Waals surface area contributed by atoms with Crippen LogP contribution in [0.2, 0.25) is 0 Å². The molecule has 1 unspecified atom stereocenters. The van der Waals surface area contributed by atoms with Gasteiger partial charge in [0.2, 0.25) is 5.91 Å². The fraction of sp³-hybridized carbons (Fsp3) is 0.444. The summed E-state index contributed by atoms with van der Waals surface area (Å²) in [5, 5.41) is 7.22. The molecule has 0 saturated carbocycles. The van der Waals surface area contributed by atoms with Gasteiger partial charge < -0.3 is 10.2 Å². The number of rotatable bonds is 4. The molecule has 2 heterocycles. The van der Waals surface area contributed by atoms with Crippen molar-refractivity contribution in [3.63, 3.8) is 0 Å². The predicted molar refractivity (Wildman–Crippen MR) is 92.7 cm³/mol. The van der Waals surface area contributed by atoms with Gasteiger partial charge in [0.25, 0.3) is 0 Å². The van der Waals surface area contributed by atoms with Crippen LogP contribution in [0.15, 0.2) is 42.7 Å². The predicted octanol–water partition coefficient (Wildman–Crippen LogP) is 3.46. The molecule has 1 amide bonds. The average molecular weight is 312 g/mol. The molecule has 1 aliphatic heterocycles. The number of benzene rings is 1. The van der Waals surface area contributed by atoms with E-state index >= 15 is 0 Å². The highest BCUT2D eigenvalue weighted by Gasteiger charge is 2.18. The smallest absolute Gasteiger partial charge is 0.249 e. The van der Waals surface area contributed by atoms with Gasteiger partial charge in [-0.3, -0.25) is 9.48 Å². The first-order valence-electron chi connectivity index (χ1n) is 8.39. The minimum Gasteiger partial charge on any atom is -0.370 e. The van der Waals surface area contributed by atoms with Gasteiger partial charge in [-0.25, -0.2) is 0 Å². The molecule has 5 heteroatoms. The second-order valence-corrected chi connectivity index (χ2v) is 6.07. The fourth-order valence-corrected chi connectivity index (χ4v) is 3.03. The Hall–Kier alpha value is -2.30. The first-order valence-corrected chi connectivity index (χ1v) is 8.39. The molecule has 2 aromatic rings. The molecule has 122 valence electrons. The van der Waals surface area contributed by atoms with Crippen LogP contribution < -0.4 is 10.2 Å². The molecule has 0 spiro atoms. The molecule has 1 saturated heterocycles. The van der Waals surface area contributed by atoms with E-state index in [9.17, 15) is 4.79 Å². The summed E-state index contributed by atoms with van der Waals surface area (Å²) < 4.78 is 1.67. The maximum atomic E-state index is 12.5. The Morgan fingerprint density at radius 2 is 1.87 bits per heavy atom. The van der Waals surface area contributed by atoms with Crippen molar-refractivity contribution in [1.82, 2.24) is 9.78 Å². The Labute approximate surface area is 137 Å². The van der Waals surface area contributed by atoms with Crippen molar-refractivity contribution in [1.29, 1.82) is 0 Å². The van der Waals surface area contributed by atoms with Crippen molar-refractivity contribution in [2.75, 3.05) is 23.3 Å². The number of carbonyl (C=O) groups excluding carboxylic acids is 1. The van der Waals surface area contributed by atoms with Gasteiger partial charge in [0.05, 0.1) is 11.4 Å². The third-order valence-corrected chi connectivity index (χ3v) is 4.41. The van der Waals surface area contributed by atoms with Crippen LogP contribution >= 0.6 is 0 Å². The second-order valence-electron chi connectivity index (χ2n) is 6.07. The summed E-state index contributed by atoms with van der Waals surface area (Å²) in [4.78, 5) is 14.9. The van der Waals surface area contributed by atoms with E-state index in [0.29, 0.717) is 0 Å². The number of nitrogens with one attached hydrogen (secondary N) is 1. The minimum atomic E-state index is -0.331. The standard InChI is InChI=1S/C18H24N4O/c1-15(22-14-8-11-19-22)18(23)20-16-9-4-5-10-17(16)21-12-6-2-3-7-13-21/h4-5,8-11,14-15H,2-3,6-7,12-13H2,1H3,(H,20,23). The number of hydrogen-bond donors (Lipinski definition) is 1. The van der Waals surface area contributed by atoms with Gasteiger partial charge in [-0.1, -0.05) is 25.0 Å². The van der Waals surface area contributed by atoms with Gasteiger partial charge in [0.15, 0.2) is 0 Å². The van der Waals surface area contributed by atoms with Crippen molar-refractivity contribution in [2.24, 2.45) is 0 Å². The van der Waals surface area contributed by atoms with Crippen LogP contribution in [-0.4, -0.2) is 28.8 Å². The quantitative estimate of drug-likeness (QED) is 0.940. The molecule has 1 aromatic carbocycles. The van der Waals surface area contributed by atoms with Crippen molar-refractivity contribution < 1.29 is 4.79 Å². The normalized spacial score (nSPS) is 16.7. The van der Waals surface area contributed by atoms with Gasteiger partial charge in [-0.15, -0.1) is 0 Å². The van der Waals surface area contributed by atoms with Gasteiger partial charge in [0.1, 0.15) is 6.04 Å². The maximum Gasteiger partial charge on any atom is 0.249 e. The topological polar surface area (TPSA) is 50.2 Å². The monoisotopic (exact) mass is 312 g/mol. The summed E-state index contributed by atoms with van der Waals surface area (Å²) in [5.74, 6) is -0.0454. The lowest BCUT2D eigenvalue weighted by Gasteiger charge is -2.26. The first-order chi connectivity index (χ1) is 11.3. The summed E-state index contributed by atoms with van der Waals surface area (Å²) in [6.45, 7) is 3.97. The zero-order valence-corrected chi connectivity index (χ0v) is 13.6. The zero-order valence-electron chi connectivity index (χ0n) is 13.6. The zero-order chi connectivity index (χ0) is 16.1. The number of para-hydroxylation sites is 2. The molecular formula is C18H24N4O. The van der Waals surface area contributed by atoms with E-state index in [1.54, 1.807) is 10.9 Å². The van der Waals surface area contributed by atoms with E-state index in [4.69, 9.17) is 0 Å². The Morgan fingerprint density at radius 3 is 2.57 bits per heavy atom. The number of hydrogen-bond acceptors (Lipinski definition) is 3. The van der Waals surface area contributed by atoms with Crippen molar-refractivity contribution in [3.05, 3.63) is 42.7 Å². The fourth-order valence-electron chi connectivity index (χ4n) is 3.03. The van der Waals surface area contributed by atoms with Gasteiger partial charge in [0, 0.05) is 25.5 Å². The third kappa shape index (κ3) is 3.73. The second kappa shape index (κ2) is 7.31. The van der Waals surface area contributed by atoms with Crippen LogP contribution in [0.25, 0.3) is 0 Å². The number of amides is 1. The van der Waals surface area contributed by atoms with Gasteiger partial charge >= 0.3 is 0 Å². The minimum absolute atomic E-state index is 0.0454. The lowest BCUT2D eigenvalue weighted by atomic mass is 10.2. The van der Waals surface area contributed by atoms with Gasteiger partial charge in [-0.2, -0.15) is 5.10 Å². The summed E-state index contributed by atoms with van der Waals surface area (Å²) >= 11 is 0. The van der Waals surface area contributed by atoms with Crippen molar-refractivity contribution >= 4 is 17.3 Å². The van der Waals surface area contributed by atoms with Crippen LogP contribution in [0.1, 0.15) is 38.6 Å². The lowest BCUT2D eigenvalue weighted by molar-refractivity contribution is -0.119. The largest absolute Gasteiger partial charge is 0.370 e. The number of aromatic nitrogens is 2. The molecule has 1 N–H and O–H groups in total. The Morgan fingerprint density at radius 1 is 1.13 bits per heavy atom. The molecule has 0 bridgehead atoms. The molecule has 1 aromatic heterocycles. The Balaban J connectivity index is 1.76.